The lowest BCUT2D eigenvalue weighted by molar-refractivity contribution is -0.191. The van der Waals surface area contributed by atoms with Crippen molar-refractivity contribution in [2.75, 3.05) is 86.3 Å². The molecule has 0 saturated carbocycles. The van der Waals surface area contributed by atoms with Crippen molar-refractivity contribution in [3.63, 3.8) is 0 Å². The molecule has 0 aromatic heterocycles. The lowest BCUT2D eigenvalue weighted by Crippen LogP contribution is -2.14. The molecule has 0 radical (unpaired) electrons. The normalized spacial score (nSPS) is 9.64. The van der Waals surface area contributed by atoms with Crippen LogP contribution in [0.2, 0.25) is 0 Å². The number of hydrogen-bond donors (Lipinski definition) is 0. The minimum atomic E-state index is 0.250. The zero-order valence-electron chi connectivity index (χ0n) is 14.6. The fourth-order valence-electron chi connectivity index (χ4n) is 1.27. The van der Waals surface area contributed by atoms with E-state index in [0.29, 0.717) is 79.2 Å². The van der Waals surface area contributed by atoms with Gasteiger partial charge in [-0.15, -0.1) is 0 Å². The zero-order valence-corrected chi connectivity index (χ0v) is 14.6. The van der Waals surface area contributed by atoms with Gasteiger partial charge in [-0.1, -0.05) is 5.11 Å². The van der Waals surface area contributed by atoms with Gasteiger partial charge in [-0.3, -0.25) is 0 Å². The molecule has 11 heteroatoms. The van der Waals surface area contributed by atoms with Crippen molar-refractivity contribution < 1.29 is 38.0 Å². The maximum atomic E-state index is 8.12. The summed E-state index contributed by atoms with van der Waals surface area (Å²) in [6.07, 6.45) is 0.250. The Labute approximate surface area is 147 Å². The van der Waals surface area contributed by atoms with Crippen LogP contribution in [-0.4, -0.2) is 92.5 Å². The molecule has 0 bridgehead atoms. The summed E-state index contributed by atoms with van der Waals surface area (Å²) in [6.45, 7) is 6.13. The summed E-state index contributed by atoms with van der Waals surface area (Å²) >= 11 is 0. The number of rotatable bonds is 18. The highest BCUT2D eigenvalue weighted by Crippen LogP contribution is 1.84. The second-order valence-electron chi connectivity index (χ2n) is 4.09. The number of nitrogens with zero attached hydrogens (tertiary/aromatic N) is 3. The van der Waals surface area contributed by atoms with E-state index in [-0.39, 0.29) is 6.15 Å². The fourth-order valence-corrected chi connectivity index (χ4v) is 1.27. The fraction of sp³-hybridized carbons (Fsp3) is 0.929. The second-order valence-corrected chi connectivity index (χ2v) is 4.09. The van der Waals surface area contributed by atoms with Crippen LogP contribution >= 0.6 is 0 Å². The van der Waals surface area contributed by atoms with Gasteiger partial charge in [0, 0.05) is 18.6 Å². The van der Waals surface area contributed by atoms with Crippen LogP contribution in [-0.2, 0) is 38.0 Å². The van der Waals surface area contributed by atoms with Crippen LogP contribution in [0.5, 0.6) is 0 Å². The van der Waals surface area contributed by atoms with Gasteiger partial charge in [-0.05, 0) is 5.53 Å². The molecular weight excluding hydrogens is 338 g/mol. The SMILES string of the molecule is COCCOCCOCCOCCOCCOCCN=[N+]=[N-].O=C=O. The molecule has 0 aromatic carbocycles. The maximum Gasteiger partial charge on any atom is 0.373 e. The third-order valence-electron chi connectivity index (χ3n) is 2.32. The van der Waals surface area contributed by atoms with E-state index in [1.165, 1.54) is 0 Å². The van der Waals surface area contributed by atoms with Gasteiger partial charge >= 0.3 is 6.15 Å². The quantitative estimate of drug-likeness (QED) is 0.148. The van der Waals surface area contributed by atoms with Gasteiger partial charge in [-0.2, -0.15) is 9.59 Å². The molecule has 0 N–H and O–H groups in total. The van der Waals surface area contributed by atoms with E-state index < -0.39 is 0 Å². The topological polar surface area (TPSA) is 138 Å². The van der Waals surface area contributed by atoms with Crippen LogP contribution in [0.1, 0.15) is 0 Å². The van der Waals surface area contributed by atoms with E-state index >= 15 is 0 Å². The lowest BCUT2D eigenvalue weighted by Gasteiger charge is -2.07. The summed E-state index contributed by atoms with van der Waals surface area (Å²) in [7, 11) is 1.64. The molecule has 0 atom stereocenters. The van der Waals surface area contributed by atoms with Crippen LogP contribution in [0.3, 0.4) is 0 Å². The summed E-state index contributed by atoms with van der Waals surface area (Å²) in [4.78, 5) is 18.9. The average molecular weight is 365 g/mol. The van der Waals surface area contributed by atoms with Crippen LogP contribution < -0.4 is 0 Å². The lowest BCUT2D eigenvalue weighted by atomic mass is 10.6. The molecule has 0 saturated heterocycles. The number of azide groups is 1. The Morgan fingerprint density at radius 2 is 1.04 bits per heavy atom. The molecule has 25 heavy (non-hydrogen) atoms. The minimum absolute atomic E-state index is 0.250. The Bertz CT molecular complexity index is 334. The third-order valence-corrected chi connectivity index (χ3v) is 2.32. The molecule has 0 fully saturated rings. The van der Waals surface area contributed by atoms with Gasteiger partial charge in [0.2, 0.25) is 0 Å². The Morgan fingerprint density at radius 3 is 1.36 bits per heavy atom. The Morgan fingerprint density at radius 1 is 0.720 bits per heavy atom. The minimum Gasteiger partial charge on any atom is -0.382 e. The van der Waals surface area contributed by atoms with Crippen molar-refractivity contribution in [1.82, 2.24) is 0 Å². The van der Waals surface area contributed by atoms with Crippen molar-refractivity contribution >= 4 is 6.15 Å². The smallest absolute Gasteiger partial charge is 0.373 e. The Hall–Kier alpha value is -1.55. The van der Waals surface area contributed by atoms with Crippen molar-refractivity contribution in [3.05, 3.63) is 10.4 Å². The summed E-state index contributed by atoms with van der Waals surface area (Å²) in [5.41, 5.74) is 8.05. The van der Waals surface area contributed by atoms with E-state index in [0.717, 1.165) is 0 Å². The van der Waals surface area contributed by atoms with Crippen molar-refractivity contribution in [3.8, 4) is 0 Å². The maximum absolute atomic E-state index is 8.12. The Kier molecular flexibility index (Phi) is 28.1. The number of ether oxygens (including phenoxy) is 6. The monoisotopic (exact) mass is 365 g/mol. The first-order chi connectivity index (χ1) is 12.3. The van der Waals surface area contributed by atoms with E-state index in [9.17, 15) is 0 Å². The van der Waals surface area contributed by atoms with Gasteiger partial charge < -0.3 is 28.4 Å². The molecule has 146 valence electrons. The van der Waals surface area contributed by atoms with Gasteiger partial charge in [0.05, 0.1) is 72.7 Å². The second kappa shape index (κ2) is 27.3. The van der Waals surface area contributed by atoms with Crippen molar-refractivity contribution in [2.45, 2.75) is 0 Å². The van der Waals surface area contributed by atoms with Crippen LogP contribution in [0.25, 0.3) is 10.4 Å². The predicted molar refractivity (Wildman–Crippen MR) is 85.0 cm³/mol. The largest absolute Gasteiger partial charge is 0.382 e. The summed E-state index contributed by atoms with van der Waals surface area (Å²) in [6, 6.07) is 0. The van der Waals surface area contributed by atoms with Crippen LogP contribution in [0, 0.1) is 0 Å². The molecule has 0 aliphatic carbocycles. The summed E-state index contributed by atoms with van der Waals surface area (Å²) < 4.78 is 31.2. The molecule has 0 aromatic rings. The highest BCUT2D eigenvalue weighted by Gasteiger charge is 1.93. The van der Waals surface area contributed by atoms with Gasteiger partial charge in [0.1, 0.15) is 0 Å². The van der Waals surface area contributed by atoms with Gasteiger partial charge in [-0.25, -0.2) is 0 Å². The summed E-state index contributed by atoms with van der Waals surface area (Å²) in [5.74, 6) is 0. The van der Waals surface area contributed by atoms with E-state index in [1.54, 1.807) is 7.11 Å². The molecule has 0 heterocycles. The average Bonchev–Trinajstić information content (AvgIpc) is 2.61. The molecular formula is C14H27N3O8. The van der Waals surface area contributed by atoms with Crippen LogP contribution in [0.4, 0.5) is 0 Å². The summed E-state index contributed by atoms with van der Waals surface area (Å²) in [5, 5.41) is 3.35. The predicted octanol–water partition coefficient (Wildman–Crippen LogP) is 0.443. The Balaban J connectivity index is 0. The molecule has 0 spiro atoms. The highest BCUT2D eigenvalue weighted by molar-refractivity contribution is 5.20. The van der Waals surface area contributed by atoms with Crippen LogP contribution in [0.15, 0.2) is 5.11 Å². The number of methoxy groups -OCH3 is 1. The van der Waals surface area contributed by atoms with E-state index in [4.69, 9.17) is 43.5 Å². The van der Waals surface area contributed by atoms with E-state index in [2.05, 4.69) is 10.0 Å². The third kappa shape index (κ3) is 30.8. The highest BCUT2D eigenvalue weighted by atomic mass is 16.6. The van der Waals surface area contributed by atoms with E-state index in [1.807, 2.05) is 0 Å². The number of carbonyl (C=O) groups excluding carboxylic acids is 2. The first kappa shape index (κ1) is 25.7. The molecule has 11 nitrogen and oxygen atoms in total. The first-order valence-corrected chi connectivity index (χ1v) is 7.71. The first-order valence-electron chi connectivity index (χ1n) is 7.71. The van der Waals surface area contributed by atoms with Crippen molar-refractivity contribution in [2.24, 2.45) is 5.11 Å². The molecule has 0 aliphatic rings. The zero-order chi connectivity index (χ0) is 18.8. The standard InChI is InChI=1S/C13H27N3O6.CO2/c1-17-4-5-19-8-9-21-12-13-22-11-10-20-7-6-18-3-2-15-16-14;2-1-3/h2-13H2,1H3;. The van der Waals surface area contributed by atoms with Gasteiger partial charge in [0.15, 0.2) is 0 Å². The molecule has 0 amide bonds. The van der Waals surface area contributed by atoms with Crippen molar-refractivity contribution in [1.29, 1.82) is 0 Å². The molecule has 0 unspecified atom stereocenters. The molecule has 0 aliphatic heterocycles. The molecule has 0 rings (SSSR count). The number of hydrogen-bond acceptors (Lipinski definition) is 9. The van der Waals surface area contributed by atoms with Gasteiger partial charge in [0.25, 0.3) is 0 Å².